The van der Waals surface area contributed by atoms with E-state index < -0.39 is 17.1 Å². The summed E-state index contributed by atoms with van der Waals surface area (Å²) < 4.78 is 0.903. The molecule has 0 fully saturated rings. The molecule has 0 saturated heterocycles. The molecule has 2 aromatic carbocycles. The smallest absolute Gasteiger partial charge is 0.335 e. The van der Waals surface area contributed by atoms with Crippen molar-refractivity contribution >= 4 is 34.3 Å². The van der Waals surface area contributed by atoms with Crippen molar-refractivity contribution in [3.63, 3.8) is 0 Å². The van der Waals surface area contributed by atoms with Gasteiger partial charge in [0.25, 0.3) is 5.56 Å². The van der Waals surface area contributed by atoms with Gasteiger partial charge in [-0.1, -0.05) is 65.4 Å². The molecule has 0 bridgehead atoms. The quantitative estimate of drug-likeness (QED) is 0.487. The summed E-state index contributed by atoms with van der Waals surface area (Å²) in [5.74, 6) is -0.580. The molecule has 0 aliphatic carbocycles. The van der Waals surface area contributed by atoms with E-state index in [1.165, 1.54) is 11.3 Å². The minimum absolute atomic E-state index is 0.207. The van der Waals surface area contributed by atoms with Crippen molar-refractivity contribution in [1.82, 2.24) is 19.7 Å². The second-order valence-electron chi connectivity index (χ2n) is 5.80. The van der Waals surface area contributed by atoms with Gasteiger partial charge in [0.15, 0.2) is 0 Å². The van der Waals surface area contributed by atoms with Crippen molar-refractivity contribution in [2.75, 3.05) is 0 Å². The van der Waals surface area contributed by atoms with Gasteiger partial charge in [-0.3, -0.25) is 9.78 Å². The summed E-state index contributed by atoms with van der Waals surface area (Å²) in [4.78, 5) is 30.7. The van der Waals surface area contributed by atoms with E-state index in [0.29, 0.717) is 5.01 Å². The molecule has 0 radical (unpaired) electrons. The Bertz CT molecular complexity index is 1330. The molecule has 2 aromatic heterocycles. The normalized spacial score (nSPS) is 11.2. The zero-order valence-corrected chi connectivity index (χ0v) is 16.2. The maximum Gasteiger partial charge on any atom is 0.335 e. The van der Waals surface area contributed by atoms with Crippen LogP contribution in [0.15, 0.2) is 69.2 Å². The number of nitrogens with one attached hydrogen (secondary N) is 1. The van der Waals surface area contributed by atoms with E-state index in [0.717, 1.165) is 16.3 Å². The monoisotopic (exact) mass is 425 g/mol. The number of aliphatic imine (C=N–C) groups is 1. The van der Waals surface area contributed by atoms with E-state index in [2.05, 4.69) is 20.2 Å². The fourth-order valence-corrected chi connectivity index (χ4v) is 3.51. The minimum Gasteiger partial charge on any atom is -0.493 e. The van der Waals surface area contributed by atoms with Crippen molar-refractivity contribution in [3.05, 3.63) is 86.0 Å². The van der Waals surface area contributed by atoms with Crippen molar-refractivity contribution < 1.29 is 5.11 Å². The standard InChI is InChI=1S/C19H12ClN5O3S/c20-13-8-4-5-9-14(13)25-17(27)12(15(26)22-19(25)28)10-21-18-24-23-16(29-18)11-6-2-1-3-7-11/h1-10,27H,(H,22,26,28). The number of aromatic nitrogens is 4. The number of rotatable bonds is 4. The Labute approximate surface area is 172 Å². The lowest BCUT2D eigenvalue weighted by Gasteiger charge is -2.10. The summed E-state index contributed by atoms with van der Waals surface area (Å²) in [6, 6.07) is 15.9. The highest BCUT2D eigenvalue weighted by atomic mass is 35.5. The first kappa shape index (κ1) is 18.8. The zero-order valence-electron chi connectivity index (χ0n) is 14.6. The SMILES string of the molecule is O=c1[nH]c(=O)n(-c2ccccc2Cl)c(O)c1C=Nc1nnc(-c2ccccc2)s1. The van der Waals surface area contributed by atoms with Crippen LogP contribution in [0.5, 0.6) is 5.88 Å². The van der Waals surface area contributed by atoms with Gasteiger partial charge in [-0.25, -0.2) is 14.4 Å². The van der Waals surface area contributed by atoms with Gasteiger partial charge in [0.2, 0.25) is 11.0 Å². The first-order valence-electron chi connectivity index (χ1n) is 8.31. The minimum atomic E-state index is -0.819. The third kappa shape index (κ3) is 3.73. The van der Waals surface area contributed by atoms with Gasteiger partial charge >= 0.3 is 5.69 Å². The highest BCUT2D eigenvalue weighted by Gasteiger charge is 2.16. The van der Waals surface area contributed by atoms with Crippen LogP contribution in [-0.2, 0) is 0 Å². The molecular formula is C19H12ClN5O3S. The molecule has 8 nitrogen and oxygen atoms in total. The fraction of sp³-hybridized carbons (Fsp3) is 0. The molecule has 0 aliphatic rings. The molecule has 2 heterocycles. The summed E-state index contributed by atoms with van der Waals surface area (Å²) in [5, 5.41) is 19.8. The van der Waals surface area contributed by atoms with Crippen molar-refractivity contribution in [3.8, 4) is 22.1 Å². The average molecular weight is 426 g/mol. The van der Waals surface area contributed by atoms with E-state index in [1.807, 2.05) is 30.3 Å². The van der Waals surface area contributed by atoms with Crippen LogP contribution in [0.2, 0.25) is 5.02 Å². The first-order valence-corrected chi connectivity index (χ1v) is 9.50. The van der Waals surface area contributed by atoms with Crippen LogP contribution in [0.25, 0.3) is 16.3 Å². The number of benzene rings is 2. The van der Waals surface area contributed by atoms with Crippen molar-refractivity contribution in [2.45, 2.75) is 0 Å². The van der Waals surface area contributed by atoms with Gasteiger partial charge in [-0.2, -0.15) is 0 Å². The molecule has 0 spiro atoms. The number of halogens is 1. The third-order valence-corrected chi connectivity index (χ3v) is 5.15. The molecule has 4 rings (SSSR count). The Kier molecular flexibility index (Phi) is 5.07. The maximum atomic E-state index is 12.2. The van der Waals surface area contributed by atoms with Crippen molar-refractivity contribution in [2.24, 2.45) is 4.99 Å². The Morgan fingerprint density at radius 3 is 2.55 bits per heavy atom. The van der Waals surface area contributed by atoms with Crippen LogP contribution >= 0.6 is 22.9 Å². The predicted molar refractivity (Wildman–Crippen MR) is 112 cm³/mol. The summed E-state index contributed by atoms with van der Waals surface area (Å²) in [7, 11) is 0. The highest BCUT2D eigenvalue weighted by Crippen LogP contribution is 2.28. The zero-order chi connectivity index (χ0) is 20.4. The number of hydrogen-bond acceptors (Lipinski definition) is 7. The van der Waals surface area contributed by atoms with Crippen LogP contribution in [0, 0.1) is 0 Å². The highest BCUT2D eigenvalue weighted by molar-refractivity contribution is 7.18. The molecule has 10 heteroatoms. The van der Waals surface area contributed by atoms with Crippen LogP contribution < -0.4 is 11.2 Å². The van der Waals surface area contributed by atoms with E-state index in [-0.39, 0.29) is 21.4 Å². The maximum absolute atomic E-state index is 12.2. The number of para-hydroxylation sites is 1. The molecule has 29 heavy (non-hydrogen) atoms. The molecule has 0 atom stereocenters. The molecule has 2 N–H and O–H groups in total. The predicted octanol–water partition coefficient (Wildman–Crippen LogP) is 3.15. The second-order valence-corrected chi connectivity index (χ2v) is 7.16. The van der Waals surface area contributed by atoms with E-state index in [1.54, 1.807) is 24.3 Å². The summed E-state index contributed by atoms with van der Waals surface area (Å²) in [5.41, 5.74) is -0.697. The van der Waals surface area contributed by atoms with Gasteiger partial charge in [0, 0.05) is 11.8 Å². The topological polar surface area (TPSA) is 113 Å². The van der Waals surface area contributed by atoms with Gasteiger partial charge in [-0.05, 0) is 12.1 Å². The van der Waals surface area contributed by atoms with E-state index in [9.17, 15) is 14.7 Å². The lowest BCUT2D eigenvalue weighted by atomic mass is 10.2. The Morgan fingerprint density at radius 2 is 1.79 bits per heavy atom. The molecule has 0 aliphatic heterocycles. The molecule has 0 unspecified atom stereocenters. The lowest BCUT2D eigenvalue weighted by Crippen LogP contribution is -2.31. The van der Waals surface area contributed by atoms with E-state index in [4.69, 9.17) is 11.6 Å². The number of nitrogens with zero attached hydrogens (tertiary/aromatic N) is 4. The van der Waals surface area contributed by atoms with Gasteiger partial charge in [0.05, 0.1) is 10.7 Å². The first-order chi connectivity index (χ1) is 14.0. The third-order valence-electron chi connectivity index (χ3n) is 3.95. The largest absolute Gasteiger partial charge is 0.493 e. The second kappa shape index (κ2) is 7.82. The van der Waals surface area contributed by atoms with Gasteiger partial charge in [-0.15, -0.1) is 10.2 Å². The Morgan fingerprint density at radius 1 is 1.07 bits per heavy atom. The molecule has 0 saturated carbocycles. The number of hydrogen-bond donors (Lipinski definition) is 2. The average Bonchev–Trinajstić information content (AvgIpc) is 3.19. The van der Waals surface area contributed by atoms with Crippen LogP contribution in [0.4, 0.5) is 5.13 Å². The molecular weight excluding hydrogens is 414 g/mol. The molecule has 4 aromatic rings. The van der Waals surface area contributed by atoms with Crippen molar-refractivity contribution in [1.29, 1.82) is 0 Å². The summed E-state index contributed by atoms with van der Waals surface area (Å²) in [6.07, 6.45) is 1.14. The van der Waals surface area contributed by atoms with E-state index >= 15 is 0 Å². The number of aromatic hydroxyl groups is 1. The molecule has 0 amide bonds. The summed E-state index contributed by atoms with van der Waals surface area (Å²) >= 11 is 7.34. The summed E-state index contributed by atoms with van der Waals surface area (Å²) in [6.45, 7) is 0. The Hall–Kier alpha value is -3.56. The lowest BCUT2D eigenvalue weighted by molar-refractivity contribution is 0.430. The fourth-order valence-electron chi connectivity index (χ4n) is 2.60. The van der Waals surface area contributed by atoms with Crippen LogP contribution in [0.1, 0.15) is 5.56 Å². The molecule has 144 valence electrons. The van der Waals surface area contributed by atoms with Gasteiger partial charge < -0.3 is 5.11 Å². The van der Waals surface area contributed by atoms with Gasteiger partial charge in [0.1, 0.15) is 10.6 Å². The van der Waals surface area contributed by atoms with Crippen LogP contribution in [-0.4, -0.2) is 31.1 Å². The Balaban J connectivity index is 1.74. The number of H-pyrrole nitrogens is 1. The number of aromatic amines is 1. The van der Waals surface area contributed by atoms with Crippen LogP contribution in [0.3, 0.4) is 0 Å².